The van der Waals surface area contributed by atoms with Crippen LogP contribution in [0.25, 0.3) is 75.5 Å². The van der Waals surface area contributed by atoms with Crippen molar-refractivity contribution >= 4 is 53.4 Å². The molecule has 8 rings (SSSR count). The summed E-state index contributed by atoms with van der Waals surface area (Å²) < 4.78 is 8.64. The molecule has 0 unspecified atom stereocenters. The van der Waals surface area contributed by atoms with Crippen LogP contribution in [-0.2, 0) is 0 Å². The van der Waals surface area contributed by atoms with E-state index in [0.717, 1.165) is 55.3 Å². The van der Waals surface area contributed by atoms with Crippen molar-refractivity contribution in [2.75, 3.05) is 0 Å². The zero-order valence-electron chi connectivity index (χ0n) is 21.4. The van der Waals surface area contributed by atoms with Gasteiger partial charge in [-0.2, -0.15) is 5.26 Å². The molecule has 0 saturated heterocycles. The maximum Gasteiger partial charge on any atom is 0.135 e. The van der Waals surface area contributed by atoms with E-state index >= 15 is 0 Å². The number of para-hydroxylation sites is 1. The van der Waals surface area contributed by atoms with Crippen LogP contribution in [0.15, 0.2) is 132 Å². The van der Waals surface area contributed by atoms with Crippen LogP contribution < -0.4 is 0 Å². The molecule has 2 nitrogen and oxygen atoms in total. The molecule has 2 heterocycles. The van der Waals surface area contributed by atoms with E-state index in [1.807, 2.05) is 59.9 Å². The zero-order valence-corrected chi connectivity index (χ0v) is 22.2. The van der Waals surface area contributed by atoms with Gasteiger partial charge in [-0.05, 0) is 76.3 Å². The maximum absolute atomic E-state index is 10.5. The van der Waals surface area contributed by atoms with Gasteiger partial charge in [0.2, 0.25) is 0 Å². The lowest BCUT2D eigenvalue weighted by atomic mass is 9.87. The van der Waals surface area contributed by atoms with Gasteiger partial charge in [0, 0.05) is 36.5 Å². The molecule has 2 aromatic heterocycles. The molecule has 0 N–H and O–H groups in total. The second-order valence-corrected chi connectivity index (χ2v) is 11.1. The first-order valence-corrected chi connectivity index (χ1v) is 14.1. The van der Waals surface area contributed by atoms with Crippen LogP contribution in [0.3, 0.4) is 0 Å². The summed E-state index contributed by atoms with van der Waals surface area (Å²) in [4.78, 5) is 0. The molecular formula is C37H21NOS. The Hall–Kier alpha value is -5.17. The highest BCUT2D eigenvalue weighted by atomic mass is 32.1. The van der Waals surface area contributed by atoms with Crippen molar-refractivity contribution in [3.05, 3.63) is 133 Å². The van der Waals surface area contributed by atoms with Crippen LogP contribution in [0.4, 0.5) is 0 Å². The highest BCUT2D eigenvalue weighted by Crippen LogP contribution is 2.42. The van der Waals surface area contributed by atoms with Crippen molar-refractivity contribution in [1.82, 2.24) is 0 Å². The molecule has 0 atom stereocenters. The van der Waals surface area contributed by atoms with Crippen molar-refractivity contribution < 1.29 is 4.42 Å². The van der Waals surface area contributed by atoms with Crippen molar-refractivity contribution in [2.45, 2.75) is 0 Å². The molecule has 0 amide bonds. The highest BCUT2D eigenvalue weighted by molar-refractivity contribution is 7.25. The van der Waals surface area contributed by atoms with E-state index in [4.69, 9.17) is 4.42 Å². The van der Waals surface area contributed by atoms with Gasteiger partial charge >= 0.3 is 0 Å². The van der Waals surface area contributed by atoms with Crippen LogP contribution >= 0.6 is 11.3 Å². The Kier molecular flexibility index (Phi) is 5.10. The van der Waals surface area contributed by atoms with Gasteiger partial charge in [0.15, 0.2) is 0 Å². The summed E-state index contributed by atoms with van der Waals surface area (Å²) in [6.45, 7) is 0. The van der Waals surface area contributed by atoms with Gasteiger partial charge in [-0.15, -0.1) is 11.3 Å². The third-order valence-electron chi connectivity index (χ3n) is 7.72. The van der Waals surface area contributed by atoms with E-state index in [0.29, 0.717) is 5.56 Å². The second kappa shape index (κ2) is 8.95. The molecule has 40 heavy (non-hydrogen) atoms. The minimum atomic E-state index is 0.652. The third-order valence-corrected chi connectivity index (χ3v) is 8.87. The molecule has 0 radical (unpaired) electrons. The predicted molar refractivity (Wildman–Crippen MR) is 168 cm³/mol. The van der Waals surface area contributed by atoms with E-state index in [2.05, 4.69) is 84.9 Å². The van der Waals surface area contributed by atoms with Crippen molar-refractivity contribution in [2.24, 2.45) is 0 Å². The fourth-order valence-corrected chi connectivity index (χ4v) is 6.93. The molecule has 6 aromatic carbocycles. The number of benzene rings is 6. The van der Waals surface area contributed by atoms with E-state index in [1.165, 1.54) is 20.2 Å². The van der Waals surface area contributed by atoms with Gasteiger partial charge in [-0.25, -0.2) is 0 Å². The first-order chi connectivity index (χ1) is 19.8. The summed E-state index contributed by atoms with van der Waals surface area (Å²) in [5.41, 5.74) is 8.55. The lowest BCUT2D eigenvalue weighted by molar-refractivity contribution is 0.669. The van der Waals surface area contributed by atoms with E-state index in [1.54, 1.807) is 0 Å². The predicted octanol–water partition coefficient (Wildman–Crippen LogP) is 10.8. The van der Waals surface area contributed by atoms with E-state index in [9.17, 15) is 5.26 Å². The summed E-state index contributed by atoms with van der Waals surface area (Å²) >= 11 is 1.82. The Labute approximate surface area is 235 Å². The molecule has 0 bridgehead atoms. The summed E-state index contributed by atoms with van der Waals surface area (Å²) in [6.07, 6.45) is 0. The normalized spacial score (nSPS) is 11.5. The molecule has 0 aliphatic carbocycles. The van der Waals surface area contributed by atoms with Gasteiger partial charge in [0.05, 0.1) is 11.6 Å². The summed E-state index contributed by atoms with van der Waals surface area (Å²) in [7, 11) is 0. The van der Waals surface area contributed by atoms with Gasteiger partial charge in [-0.3, -0.25) is 0 Å². The van der Waals surface area contributed by atoms with Crippen molar-refractivity contribution in [1.29, 1.82) is 5.26 Å². The summed E-state index contributed by atoms with van der Waals surface area (Å²) in [5, 5.41) is 15.1. The molecule has 186 valence electrons. The van der Waals surface area contributed by atoms with Gasteiger partial charge in [-0.1, -0.05) is 78.9 Å². The second-order valence-electron chi connectivity index (χ2n) is 10.0. The van der Waals surface area contributed by atoms with Crippen molar-refractivity contribution in [3.8, 4) is 39.4 Å². The SMILES string of the molecule is N#Cc1cc(-c2ccc3sc4ccccc4c3c2)cc(-c2ccccc2)c1-c1ccc2oc3ccccc3c2c1. The molecule has 0 spiro atoms. The van der Waals surface area contributed by atoms with Crippen LogP contribution in [0, 0.1) is 11.3 Å². The van der Waals surface area contributed by atoms with E-state index < -0.39 is 0 Å². The largest absolute Gasteiger partial charge is 0.456 e. The van der Waals surface area contributed by atoms with Gasteiger partial charge in [0.1, 0.15) is 11.2 Å². The number of rotatable bonds is 3. The third kappa shape index (κ3) is 3.55. The molecule has 0 saturated carbocycles. The number of nitriles is 1. The summed E-state index contributed by atoms with van der Waals surface area (Å²) in [6, 6.07) is 46.7. The van der Waals surface area contributed by atoms with Crippen LogP contribution in [0.2, 0.25) is 0 Å². The number of furan rings is 1. The van der Waals surface area contributed by atoms with E-state index in [-0.39, 0.29) is 0 Å². The van der Waals surface area contributed by atoms with Crippen LogP contribution in [-0.4, -0.2) is 0 Å². The van der Waals surface area contributed by atoms with Crippen LogP contribution in [0.5, 0.6) is 0 Å². The molecular weight excluding hydrogens is 506 g/mol. The fourth-order valence-electron chi connectivity index (χ4n) is 5.84. The topological polar surface area (TPSA) is 36.9 Å². The molecule has 8 aromatic rings. The molecule has 0 fully saturated rings. The number of hydrogen-bond acceptors (Lipinski definition) is 3. The van der Waals surface area contributed by atoms with Gasteiger partial charge in [0.25, 0.3) is 0 Å². The molecule has 0 aliphatic rings. The zero-order chi connectivity index (χ0) is 26.6. The molecule has 3 heteroatoms. The molecule has 0 aliphatic heterocycles. The number of hydrogen-bond donors (Lipinski definition) is 0. The Morgan fingerprint density at radius 3 is 2.08 bits per heavy atom. The summed E-state index contributed by atoms with van der Waals surface area (Å²) in [5.74, 6) is 0. The average molecular weight is 528 g/mol. The highest BCUT2D eigenvalue weighted by Gasteiger charge is 2.18. The van der Waals surface area contributed by atoms with Crippen LogP contribution in [0.1, 0.15) is 5.56 Å². The number of thiophene rings is 1. The average Bonchev–Trinajstić information content (AvgIpc) is 3.58. The minimum absolute atomic E-state index is 0.652. The maximum atomic E-state index is 10.5. The Morgan fingerprint density at radius 2 is 1.20 bits per heavy atom. The van der Waals surface area contributed by atoms with Crippen molar-refractivity contribution in [3.63, 3.8) is 0 Å². The standard InChI is InChI=1S/C37H21NOS/c38-22-27-18-26(24-15-17-36-32(19-24)29-11-5-7-13-35(29)40-36)21-30(23-8-2-1-3-9-23)37(27)25-14-16-34-31(20-25)28-10-4-6-12-33(28)39-34/h1-21H. The Morgan fingerprint density at radius 1 is 0.500 bits per heavy atom. The smallest absolute Gasteiger partial charge is 0.135 e. The van der Waals surface area contributed by atoms with Gasteiger partial charge < -0.3 is 4.42 Å². The Bertz CT molecular complexity index is 2280. The Balaban J connectivity index is 1.39. The lowest BCUT2D eigenvalue weighted by Crippen LogP contribution is -1.93. The number of fused-ring (bicyclic) bond motifs is 6. The quantitative estimate of drug-likeness (QED) is 0.229. The fraction of sp³-hybridized carbons (Fsp3) is 0. The number of nitrogens with zero attached hydrogens (tertiary/aromatic N) is 1. The first-order valence-electron chi connectivity index (χ1n) is 13.2. The first kappa shape index (κ1) is 22.8. The lowest BCUT2D eigenvalue weighted by Gasteiger charge is -2.16. The monoisotopic (exact) mass is 527 g/mol. The minimum Gasteiger partial charge on any atom is -0.456 e.